The summed E-state index contributed by atoms with van der Waals surface area (Å²) in [6, 6.07) is 7.35. The molecule has 1 heterocycles. The normalized spacial score (nSPS) is 13.3. The summed E-state index contributed by atoms with van der Waals surface area (Å²) in [7, 11) is 2.01. The van der Waals surface area contributed by atoms with E-state index in [2.05, 4.69) is 42.7 Å². The standard InChI is InChI=1S/C13H17NS/c1-9-8-15-13-5-4-11(7-12(9)13)6-10(2)14-3/h4-5,7-8,10,14H,6H2,1-3H3. The molecule has 0 spiro atoms. The van der Waals surface area contributed by atoms with Gasteiger partial charge in [-0.15, -0.1) is 11.3 Å². The molecule has 80 valence electrons. The molecular weight excluding hydrogens is 202 g/mol. The third kappa shape index (κ3) is 2.21. The van der Waals surface area contributed by atoms with Gasteiger partial charge in [0.15, 0.2) is 0 Å². The van der Waals surface area contributed by atoms with Crippen LogP contribution in [0.15, 0.2) is 23.6 Å². The van der Waals surface area contributed by atoms with Crippen molar-refractivity contribution < 1.29 is 0 Å². The van der Waals surface area contributed by atoms with Crippen LogP contribution in [0.5, 0.6) is 0 Å². The first-order valence-corrected chi connectivity index (χ1v) is 6.22. The molecule has 0 aliphatic carbocycles. The van der Waals surface area contributed by atoms with Crippen LogP contribution in [0.25, 0.3) is 10.1 Å². The number of nitrogens with one attached hydrogen (secondary N) is 1. The van der Waals surface area contributed by atoms with Crippen molar-refractivity contribution in [3.8, 4) is 0 Å². The summed E-state index contributed by atoms with van der Waals surface area (Å²) in [5, 5.41) is 6.92. The summed E-state index contributed by atoms with van der Waals surface area (Å²) in [5.41, 5.74) is 2.82. The zero-order chi connectivity index (χ0) is 10.8. The summed E-state index contributed by atoms with van der Waals surface area (Å²) in [5.74, 6) is 0. The molecule has 0 radical (unpaired) electrons. The lowest BCUT2D eigenvalue weighted by atomic mass is 10.0. The Balaban J connectivity index is 2.33. The van der Waals surface area contributed by atoms with Gasteiger partial charge < -0.3 is 5.32 Å². The minimum Gasteiger partial charge on any atom is -0.317 e. The van der Waals surface area contributed by atoms with E-state index in [9.17, 15) is 0 Å². The Labute approximate surface area is 95.1 Å². The summed E-state index contributed by atoms with van der Waals surface area (Å²) >= 11 is 1.83. The average Bonchev–Trinajstić information content (AvgIpc) is 2.60. The van der Waals surface area contributed by atoms with Gasteiger partial charge in [0.05, 0.1) is 0 Å². The van der Waals surface area contributed by atoms with Crippen molar-refractivity contribution in [2.24, 2.45) is 0 Å². The molecule has 2 heteroatoms. The van der Waals surface area contributed by atoms with Crippen LogP contribution in [-0.2, 0) is 6.42 Å². The Morgan fingerprint density at radius 3 is 2.93 bits per heavy atom. The van der Waals surface area contributed by atoms with Gasteiger partial charge in [-0.3, -0.25) is 0 Å². The highest BCUT2D eigenvalue weighted by molar-refractivity contribution is 7.17. The van der Waals surface area contributed by atoms with Gasteiger partial charge in [-0.1, -0.05) is 6.07 Å². The Hall–Kier alpha value is -0.860. The highest BCUT2D eigenvalue weighted by atomic mass is 32.1. The van der Waals surface area contributed by atoms with Crippen molar-refractivity contribution in [1.82, 2.24) is 5.32 Å². The summed E-state index contributed by atoms with van der Waals surface area (Å²) in [4.78, 5) is 0. The molecule has 1 aromatic heterocycles. The number of likely N-dealkylation sites (N-methyl/N-ethyl adjacent to an activating group) is 1. The van der Waals surface area contributed by atoms with Crippen LogP contribution < -0.4 is 5.32 Å². The average molecular weight is 219 g/mol. The maximum Gasteiger partial charge on any atom is 0.0345 e. The van der Waals surface area contributed by atoms with Crippen LogP contribution in [0, 0.1) is 6.92 Å². The lowest BCUT2D eigenvalue weighted by Gasteiger charge is -2.09. The Morgan fingerprint density at radius 2 is 2.20 bits per heavy atom. The molecule has 1 unspecified atom stereocenters. The smallest absolute Gasteiger partial charge is 0.0345 e. The molecule has 0 fully saturated rings. The molecule has 1 nitrogen and oxygen atoms in total. The Bertz CT molecular complexity index is 459. The molecule has 1 N–H and O–H groups in total. The second-order valence-electron chi connectivity index (χ2n) is 4.14. The molecule has 0 aliphatic rings. The number of thiophene rings is 1. The Morgan fingerprint density at radius 1 is 1.40 bits per heavy atom. The number of hydrogen-bond acceptors (Lipinski definition) is 2. The van der Waals surface area contributed by atoms with E-state index in [4.69, 9.17) is 0 Å². The number of fused-ring (bicyclic) bond motifs is 1. The maximum absolute atomic E-state index is 3.27. The first kappa shape index (κ1) is 10.7. The van der Waals surface area contributed by atoms with E-state index in [1.165, 1.54) is 21.2 Å². The number of aryl methyl sites for hydroxylation is 1. The third-order valence-corrected chi connectivity index (χ3v) is 3.95. The SMILES string of the molecule is CNC(C)Cc1ccc2scc(C)c2c1. The van der Waals surface area contributed by atoms with E-state index in [1.54, 1.807) is 0 Å². The van der Waals surface area contributed by atoms with Gasteiger partial charge in [-0.05, 0) is 61.3 Å². The highest BCUT2D eigenvalue weighted by Gasteiger charge is 2.04. The molecular formula is C13H17NS. The fourth-order valence-corrected chi connectivity index (χ4v) is 2.71. The van der Waals surface area contributed by atoms with Crippen molar-refractivity contribution in [2.45, 2.75) is 26.3 Å². The second-order valence-corrected chi connectivity index (χ2v) is 5.05. The zero-order valence-electron chi connectivity index (χ0n) is 9.50. The van der Waals surface area contributed by atoms with E-state index in [0.29, 0.717) is 6.04 Å². The van der Waals surface area contributed by atoms with Gasteiger partial charge >= 0.3 is 0 Å². The molecule has 2 aromatic rings. The highest BCUT2D eigenvalue weighted by Crippen LogP contribution is 2.26. The van der Waals surface area contributed by atoms with E-state index < -0.39 is 0 Å². The quantitative estimate of drug-likeness (QED) is 0.834. The number of rotatable bonds is 3. The molecule has 2 rings (SSSR count). The van der Waals surface area contributed by atoms with Crippen LogP contribution in [0.4, 0.5) is 0 Å². The monoisotopic (exact) mass is 219 g/mol. The van der Waals surface area contributed by atoms with Crippen molar-refractivity contribution in [3.63, 3.8) is 0 Å². The van der Waals surface area contributed by atoms with Gasteiger partial charge in [0, 0.05) is 10.7 Å². The molecule has 0 saturated heterocycles. The van der Waals surface area contributed by atoms with Crippen LogP contribution in [0.1, 0.15) is 18.1 Å². The van der Waals surface area contributed by atoms with Crippen molar-refractivity contribution in [1.29, 1.82) is 0 Å². The molecule has 15 heavy (non-hydrogen) atoms. The van der Waals surface area contributed by atoms with Crippen LogP contribution in [-0.4, -0.2) is 13.1 Å². The largest absolute Gasteiger partial charge is 0.317 e. The van der Waals surface area contributed by atoms with Gasteiger partial charge in [0.25, 0.3) is 0 Å². The zero-order valence-corrected chi connectivity index (χ0v) is 10.3. The predicted octanol–water partition coefficient (Wildman–Crippen LogP) is 3.36. The Kier molecular flexibility index (Phi) is 3.08. The maximum atomic E-state index is 3.27. The van der Waals surface area contributed by atoms with Crippen molar-refractivity contribution >= 4 is 21.4 Å². The van der Waals surface area contributed by atoms with E-state index in [1.807, 2.05) is 18.4 Å². The van der Waals surface area contributed by atoms with E-state index in [-0.39, 0.29) is 0 Å². The van der Waals surface area contributed by atoms with Gasteiger partial charge in [0.1, 0.15) is 0 Å². The van der Waals surface area contributed by atoms with E-state index in [0.717, 1.165) is 6.42 Å². The summed E-state index contributed by atoms with van der Waals surface area (Å²) < 4.78 is 1.40. The van der Waals surface area contributed by atoms with Gasteiger partial charge in [-0.2, -0.15) is 0 Å². The van der Waals surface area contributed by atoms with Crippen molar-refractivity contribution in [3.05, 3.63) is 34.7 Å². The fraction of sp³-hybridized carbons (Fsp3) is 0.385. The van der Waals surface area contributed by atoms with Gasteiger partial charge in [0.2, 0.25) is 0 Å². The lowest BCUT2D eigenvalue weighted by molar-refractivity contribution is 0.609. The minimum atomic E-state index is 0.543. The van der Waals surface area contributed by atoms with Gasteiger partial charge in [-0.25, -0.2) is 0 Å². The topological polar surface area (TPSA) is 12.0 Å². The lowest BCUT2D eigenvalue weighted by Crippen LogP contribution is -2.23. The fourth-order valence-electron chi connectivity index (χ4n) is 1.79. The molecule has 0 saturated carbocycles. The number of hydrogen-bond donors (Lipinski definition) is 1. The van der Waals surface area contributed by atoms with Crippen LogP contribution >= 0.6 is 11.3 Å². The first-order valence-electron chi connectivity index (χ1n) is 5.34. The van der Waals surface area contributed by atoms with Crippen LogP contribution in [0.2, 0.25) is 0 Å². The first-order chi connectivity index (χ1) is 7.20. The predicted molar refractivity (Wildman–Crippen MR) is 68.8 cm³/mol. The summed E-state index contributed by atoms with van der Waals surface area (Å²) in [6.45, 7) is 4.40. The second kappa shape index (κ2) is 4.33. The molecule has 1 aromatic carbocycles. The molecule has 0 amide bonds. The molecule has 0 bridgehead atoms. The molecule has 1 atom stereocenters. The van der Waals surface area contributed by atoms with Crippen LogP contribution in [0.3, 0.4) is 0 Å². The third-order valence-electron chi connectivity index (χ3n) is 2.87. The van der Waals surface area contributed by atoms with E-state index >= 15 is 0 Å². The molecule has 0 aliphatic heterocycles. The van der Waals surface area contributed by atoms with Crippen molar-refractivity contribution in [2.75, 3.05) is 7.05 Å². The minimum absolute atomic E-state index is 0.543. The number of benzene rings is 1. The summed E-state index contributed by atoms with van der Waals surface area (Å²) in [6.07, 6.45) is 1.10.